The zero-order valence-electron chi connectivity index (χ0n) is 10.5. The first-order valence-electron chi connectivity index (χ1n) is 5.86. The fourth-order valence-corrected chi connectivity index (χ4v) is 3.61. The van der Waals surface area contributed by atoms with Crippen molar-refractivity contribution in [1.82, 2.24) is 9.55 Å². The van der Waals surface area contributed by atoms with Crippen LogP contribution in [0.15, 0.2) is 28.4 Å². The summed E-state index contributed by atoms with van der Waals surface area (Å²) in [6, 6.07) is 0. The van der Waals surface area contributed by atoms with Gasteiger partial charge in [0, 0.05) is 18.2 Å². The number of aromatic amines is 1. The maximum Gasteiger partial charge on any atom is 0.329 e. The minimum absolute atomic E-state index is 0.254. The monoisotopic (exact) mass is 284 g/mol. The predicted octanol–water partition coefficient (Wildman–Crippen LogP) is -0.241. The van der Waals surface area contributed by atoms with Crippen molar-refractivity contribution < 1.29 is 10.2 Å². The molecule has 0 saturated carbocycles. The molecule has 0 spiro atoms. The fourth-order valence-electron chi connectivity index (χ4n) is 2.13. The molecular weight excluding hydrogens is 268 g/mol. The van der Waals surface area contributed by atoms with Crippen LogP contribution >= 0.6 is 11.8 Å². The number of aryl methyl sites for hydroxylation is 1. The van der Waals surface area contributed by atoms with E-state index in [1.807, 2.05) is 0 Å². The first-order valence-corrected chi connectivity index (χ1v) is 6.74. The SMILES string of the molecule is C=C[C@]1(CO)S[C@@H](n2cc(C)c(=O)[nH]c2=O)C[C@@H]1O. The van der Waals surface area contributed by atoms with Crippen molar-refractivity contribution in [3.63, 3.8) is 0 Å². The molecule has 1 fully saturated rings. The molecule has 1 aliphatic heterocycles. The van der Waals surface area contributed by atoms with Crippen molar-refractivity contribution in [3.05, 3.63) is 45.3 Å². The van der Waals surface area contributed by atoms with Crippen molar-refractivity contribution in [3.8, 4) is 0 Å². The van der Waals surface area contributed by atoms with Gasteiger partial charge in [-0.25, -0.2) is 4.79 Å². The topological polar surface area (TPSA) is 95.3 Å². The largest absolute Gasteiger partial charge is 0.394 e. The molecule has 0 bridgehead atoms. The van der Waals surface area contributed by atoms with Crippen LogP contribution in [0.5, 0.6) is 0 Å². The summed E-state index contributed by atoms with van der Waals surface area (Å²) in [5, 5.41) is 19.1. The lowest BCUT2D eigenvalue weighted by molar-refractivity contribution is 0.110. The van der Waals surface area contributed by atoms with Crippen molar-refractivity contribution in [2.24, 2.45) is 0 Å². The maximum atomic E-state index is 11.8. The van der Waals surface area contributed by atoms with E-state index < -0.39 is 22.1 Å². The van der Waals surface area contributed by atoms with Gasteiger partial charge in [0.1, 0.15) is 0 Å². The van der Waals surface area contributed by atoms with Gasteiger partial charge in [-0.05, 0) is 6.92 Å². The summed E-state index contributed by atoms with van der Waals surface area (Å²) in [4.78, 5) is 25.4. The molecule has 1 aromatic heterocycles. The van der Waals surface area contributed by atoms with E-state index in [-0.39, 0.29) is 12.0 Å². The first-order chi connectivity index (χ1) is 8.93. The zero-order valence-corrected chi connectivity index (χ0v) is 11.3. The van der Waals surface area contributed by atoms with Crippen LogP contribution in [-0.4, -0.2) is 37.2 Å². The highest BCUT2D eigenvalue weighted by Gasteiger charge is 2.46. The number of aliphatic hydroxyl groups is 2. The molecule has 0 radical (unpaired) electrons. The van der Waals surface area contributed by atoms with E-state index in [0.717, 1.165) is 0 Å². The number of aliphatic hydroxyl groups excluding tert-OH is 2. The van der Waals surface area contributed by atoms with E-state index in [1.54, 1.807) is 6.92 Å². The Bertz CT molecular complexity index is 608. The minimum atomic E-state index is -0.867. The van der Waals surface area contributed by atoms with E-state index >= 15 is 0 Å². The minimum Gasteiger partial charge on any atom is -0.394 e. The number of hydrogen-bond acceptors (Lipinski definition) is 5. The highest BCUT2D eigenvalue weighted by Crippen LogP contribution is 2.49. The van der Waals surface area contributed by atoms with Gasteiger partial charge in [-0.15, -0.1) is 18.3 Å². The molecular formula is C12H16N2O4S. The summed E-state index contributed by atoms with van der Waals surface area (Å²) in [6.07, 6.45) is 2.50. The zero-order chi connectivity index (χ0) is 14.2. The molecule has 6 nitrogen and oxygen atoms in total. The number of aromatic nitrogens is 2. The molecule has 1 saturated heterocycles. The Morgan fingerprint density at radius 2 is 2.37 bits per heavy atom. The van der Waals surface area contributed by atoms with E-state index in [1.165, 1.54) is 28.6 Å². The van der Waals surface area contributed by atoms with Gasteiger partial charge in [0.25, 0.3) is 5.56 Å². The highest BCUT2D eigenvalue weighted by molar-refractivity contribution is 8.01. The van der Waals surface area contributed by atoms with Gasteiger partial charge in [-0.1, -0.05) is 6.08 Å². The van der Waals surface area contributed by atoms with Gasteiger partial charge >= 0.3 is 5.69 Å². The molecule has 2 heterocycles. The smallest absolute Gasteiger partial charge is 0.329 e. The van der Waals surface area contributed by atoms with Crippen LogP contribution in [0.1, 0.15) is 17.4 Å². The van der Waals surface area contributed by atoms with Gasteiger partial charge in [0.2, 0.25) is 0 Å². The third kappa shape index (κ3) is 2.29. The molecule has 3 N–H and O–H groups in total. The van der Waals surface area contributed by atoms with Crippen molar-refractivity contribution in [2.75, 3.05) is 6.61 Å². The first kappa shape index (κ1) is 14.1. The summed E-state index contributed by atoms with van der Waals surface area (Å²) >= 11 is 1.27. The van der Waals surface area contributed by atoms with Crippen molar-refractivity contribution in [1.29, 1.82) is 0 Å². The molecule has 1 aromatic rings. The third-order valence-corrected chi connectivity index (χ3v) is 5.09. The number of nitrogens with one attached hydrogen (secondary N) is 1. The van der Waals surface area contributed by atoms with Gasteiger partial charge in [-0.3, -0.25) is 14.3 Å². The van der Waals surface area contributed by atoms with E-state index in [0.29, 0.717) is 12.0 Å². The molecule has 7 heteroatoms. The Hall–Kier alpha value is -1.31. The lowest BCUT2D eigenvalue weighted by atomic mass is 10.0. The Morgan fingerprint density at radius 3 is 2.89 bits per heavy atom. The molecule has 0 aromatic carbocycles. The quantitative estimate of drug-likeness (QED) is 0.666. The van der Waals surface area contributed by atoms with Gasteiger partial charge in [0.05, 0.1) is 22.8 Å². The lowest BCUT2D eigenvalue weighted by Crippen LogP contribution is -2.36. The summed E-state index contributed by atoms with van der Waals surface area (Å²) in [5.74, 6) is 0. The second-order valence-electron chi connectivity index (χ2n) is 4.62. The van der Waals surface area contributed by atoms with Crippen LogP contribution in [0.2, 0.25) is 0 Å². The summed E-state index contributed by atoms with van der Waals surface area (Å²) in [5.41, 5.74) is -0.505. The van der Waals surface area contributed by atoms with Crippen LogP contribution in [0, 0.1) is 6.92 Å². The maximum absolute atomic E-state index is 11.8. The molecule has 3 atom stereocenters. The third-order valence-electron chi connectivity index (χ3n) is 3.39. The Labute approximate surface area is 113 Å². The molecule has 19 heavy (non-hydrogen) atoms. The molecule has 104 valence electrons. The lowest BCUT2D eigenvalue weighted by Gasteiger charge is -2.25. The summed E-state index contributed by atoms with van der Waals surface area (Å²) < 4.78 is 0.514. The fraction of sp³-hybridized carbons (Fsp3) is 0.500. The van der Waals surface area contributed by atoms with E-state index in [4.69, 9.17) is 0 Å². The number of hydrogen-bond donors (Lipinski definition) is 3. The highest BCUT2D eigenvalue weighted by atomic mass is 32.2. The average molecular weight is 284 g/mol. The molecule has 1 aliphatic rings. The standard InChI is InChI=1S/C12H16N2O4S/c1-3-12(6-15)8(16)4-9(19-12)14-5-7(2)10(17)13-11(14)18/h3,5,8-9,15-16H,1,4,6H2,2H3,(H,13,17,18)/t8-,9+,12+/m0/s1. The second kappa shape index (κ2) is 4.99. The summed E-state index contributed by atoms with van der Waals surface area (Å²) in [6.45, 7) is 4.99. The molecule has 0 unspecified atom stereocenters. The van der Waals surface area contributed by atoms with Crippen LogP contribution < -0.4 is 11.2 Å². The van der Waals surface area contributed by atoms with E-state index in [9.17, 15) is 19.8 Å². The Morgan fingerprint density at radius 1 is 1.68 bits per heavy atom. The van der Waals surface area contributed by atoms with Crippen LogP contribution in [0.4, 0.5) is 0 Å². The van der Waals surface area contributed by atoms with Crippen molar-refractivity contribution >= 4 is 11.8 Å². The van der Waals surface area contributed by atoms with Crippen molar-refractivity contribution in [2.45, 2.75) is 29.6 Å². The predicted molar refractivity (Wildman–Crippen MR) is 73.3 cm³/mol. The average Bonchev–Trinajstić information content (AvgIpc) is 2.71. The Balaban J connectivity index is 2.41. The second-order valence-corrected chi connectivity index (χ2v) is 6.16. The molecule has 0 aliphatic carbocycles. The Kier molecular flexibility index (Phi) is 3.71. The molecule has 0 amide bonds. The van der Waals surface area contributed by atoms with Crippen LogP contribution in [-0.2, 0) is 0 Å². The van der Waals surface area contributed by atoms with Gasteiger partial charge in [0.15, 0.2) is 0 Å². The van der Waals surface area contributed by atoms with Crippen LogP contribution in [0.25, 0.3) is 0 Å². The molecule has 2 rings (SSSR count). The van der Waals surface area contributed by atoms with E-state index in [2.05, 4.69) is 11.6 Å². The summed E-state index contributed by atoms with van der Waals surface area (Å²) in [7, 11) is 0. The number of thioether (sulfide) groups is 1. The number of H-pyrrole nitrogens is 1. The number of rotatable bonds is 3. The normalized spacial score (nSPS) is 30.5. The van der Waals surface area contributed by atoms with Crippen LogP contribution in [0.3, 0.4) is 0 Å². The number of nitrogens with zero attached hydrogens (tertiary/aromatic N) is 1. The van der Waals surface area contributed by atoms with Gasteiger partial charge < -0.3 is 10.2 Å². The van der Waals surface area contributed by atoms with Gasteiger partial charge in [-0.2, -0.15) is 0 Å².